The van der Waals surface area contributed by atoms with Crippen molar-refractivity contribution in [1.29, 1.82) is 0 Å². The monoisotopic (exact) mass is 472 g/mol. The van der Waals surface area contributed by atoms with Crippen molar-refractivity contribution in [2.45, 2.75) is 59.0 Å². The lowest BCUT2D eigenvalue weighted by atomic mass is 9.91. The Labute approximate surface area is 204 Å². The normalized spacial score (nSPS) is 14.5. The number of nitrogens with zero attached hydrogens (tertiary/aromatic N) is 6. The van der Waals surface area contributed by atoms with Crippen molar-refractivity contribution in [3.8, 4) is 5.69 Å². The maximum atomic E-state index is 13.3. The quantitative estimate of drug-likeness (QED) is 0.435. The summed E-state index contributed by atoms with van der Waals surface area (Å²) in [6, 6.07) is 10.1. The molecule has 1 aromatic carbocycles. The molecule has 1 aliphatic heterocycles. The minimum Gasteiger partial charge on any atom is -0.324 e. The third-order valence-corrected chi connectivity index (χ3v) is 6.37. The van der Waals surface area contributed by atoms with Gasteiger partial charge in [-0.25, -0.2) is 19.4 Å². The van der Waals surface area contributed by atoms with E-state index in [-0.39, 0.29) is 17.0 Å². The van der Waals surface area contributed by atoms with Gasteiger partial charge < -0.3 is 5.32 Å². The average molecular weight is 473 g/mol. The second kappa shape index (κ2) is 8.58. The molecule has 182 valence electrons. The molecule has 3 N–H and O–H groups in total. The molecule has 1 aliphatic rings. The molecule has 35 heavy (non-hydrogen) atoms. The van der Waals surface area contributed by atoms with Crippen LogP contribution in [0.3, 0.4) is 0 Å². The van der Waals surface area contributed by atoms with Crippen molar-refractivity contribution < 1.29 is 0 Å². The Morgan fingerprint density at radius 2 is 1.89 bits per heavy atom. The summed E-state index contributed by atoms with van der Waals surface area (Å²) in [5, 5.41) is 5.63. The molecule has 0 aliphatic carbocycles. The molecule has 0 radical (unpaired) electrons. The number of pyridine rings is 1. The minimum atomic E-state index is -0.128. The second-order valence-electron chi connectivity index (χ2n) is 10.5. The van der Waals surface area contributed by atoms with Gasteiger partial charge >= 0.3 is 0 Å². The van der Waals surface area contributed by atoms with Crippen LogP contribution in [-0.4, -0.2) is 35.9 Å². The highest BCUT2D eigenvalue weighted by atomic mass is 16.1. The van der Waals surface area contributed by atoms with Gasteiger partial charge in [-0.05, 0) is 55.7 Å². The van der Waals surface area contributed by atoms with Crippen LogP contribution in [0.25, 0.3) is 16.7 Å². The Morgan fingerprint density at radius 3 is 2.63 bits per heavy atom. The van der Waals surface area contributed by atoms with E-state index in [1.165, 1.54) is 11.1 Å². The number of fused-ring (bicyclic) bond motifs is 2. The SMILES string of the molecule is CC(C)n1c(=O)c2cnc(Nc3ccc4c(c3)CCN(N)C4)nc2n1-c1ccnc(C(C)(C)C)c1. The number of hydrogen-bond donors (Lipinski definition) is 2. The van der Waals surface area contributed by atoms with Crippen molar-refractivity contribution >= 4 is 22.7 Å². The lowest BCUT2D eigenvalue weighted by molar-refractivity contribution is 0.263. The Kier molecular flexibility index (Phi) is 5.69. The number of rotatable bonds is 4. The molecule has 5 rings (SSSR count). The zero-order valence-corrected chi connectivity index (χ0v) is 20.9. The molecule has 4 aromatic rings. The zero-order valence-electron chi connectivity index (χ0n) is 20.9. The van der Waals surface area contributed by atoms with Crippen LogP contribution < -0.4 is 16.7 Å². The number of nitrogens with one attached hydrogen (secondary N) is 1. The molecule has 3 aromatic heterocycles. The Morgan fingerprint density at radius 1 is 1.09 bits per heavy atom. The van der Waals surface area contributed by atoms with E-state index in [0.29, 0.717) is 17.0 Å². The first-order valence-corrected chi connectivity index (χ1v) is 12.0. The highest BCUT2D eigenvalue weighted by Crippen LogP contribution is 2.26. The van der Waals surface area contributed by atoms with Crippen molar-refractivity contribution in [2.24, 2.45) is 5.84 Å². The highest BCUT2D eigenvalue weighted by molar-refractivity contribution is 5.77. The summed E-state index contributed by atoms with van der Waals surface area (Å²) in [7, 11) is 0. The lowest BCUT2D eigenvalue weighted by Crippen LogP contribution is -2.36. The standard InChI is InChI=1S/C26H32N8O/c1-16(2)33-24(35)21-14-29-25(30-19-7-6-18-15-32(27)11-9-17(18)12-19)31-23(21)34(33)20-8-10-28-22(13-20)26(3,4)5/h6-8,10,12-14,16H,9,11,15,27H2,1-5H3,(H,29,30,31). The van der Waals surface area contributed by atoms with Gasteiger partial charge in [-0.1, -0.05) is 26.8 Å². The lowest BCUT2D eigenvalue weighted by Gasteiger charge is -2.24. The summed E-state index contributed by atoms with van der Waals surface area (Å²) in [5.41, 5.74) is 5.51. The van der Waals surface area contributed by atoms with Gasteiger partial charge in [-0.15, -0.1) is 0 Å². The van der Waals surface area contributed by atoms with E-state index in [0.717, 1.165) is 36.6 Å². The van der Waals surface area contributed by atoms with Crippen LogP contribution >= 0.6 is 0 Å². The molecule has 4 heterocycles. The molecule has 0 fully saturated rings. The van der Waals surface area contributed by atoms with E-state index >= 15 is 0 Å². The van der Waals surface area contributed by atoms with Crippen LogP contribution in [0.2, 0.25) is 0 Å². The van der Waals surface area contributed by atoms with Crippen molar-refractivity contribution in [1.82, 2.24) is 29.3 Å². The Hall–Kier alpha value is -3.56. The largest absolute Gasteiger partial charge is 0.324 e. The predicted octanol–water partition coefficient (Wildman–Crippen LogP) is 3.83. The van der Waals surface area contributed by atoms with Crippen LogP contribution in [0.1, 0.15) is 57.5 Å². The van der Waals surface area contributed by atoms with E-state index in [4.69, 9.17) is 10.8 Å². The molecule has 9 heteroatoms. The maximum absolute atomic E-state index is 13.3. The van der Waals surface area contributed by atoms with Gasteiger partial charge in [0.2, 0.25) is 5.95 Å². The number of aromatic nitrogens is 5. The van der Waals surface area contributed by atoms with Crippen LogP contribution in [0.4, 0.5) is 11.6 Å². The van der Waals surface area contributed by atoms with Crippen molar-refractivity contribution in [2.75, 3.05) is 11.9 Å². The summed E-state index contributed by atoms with van der Waals surface area (Å²) in [4.78, 5) is 27.1. The number of benzene rings is 1. The fourth-order valence-corrected chi connectivity index (χ4v) is 4.52. The minimum absolute atomic E-state index is 0.0675. The molecule has 0 saturated carbocycles. The molecule has 0 bridgehead atoms. The molecular formula is C26H32N8O. The number of anilines is 2. The molecule has 0 amide bonds. The average Bonchev–Trinajstić information content (AvgIpc) is 3.10. The molecule has 9 nitrogen and oxygen atoms in total. The van der Waals surface area contributed by atoms with Gasteiger partial charge in [-0.2, -0.15) is 4.98 Å². The Balaban J connectivity index is 1.60. The summed E-state index contributed by atoms with van der Waals surface area (Å²) in [6.07, 6.45) is 4.29. The summed E-state index contributed by atoms with van der Waals surface area (Å²) < 4.78 is 3.61. The number of hydrazine groups is 1. The third-order valence-electron chi connectivity index (χ3n) is 6.37. The molecule has 0 unspecified atom stereocenters. The molecule has 0 saturated heterocycles. The van der Waals surface area contributed by atoms with Gasteiger partial charge in [-0.3, -0.25) is 15.6 Å². The van der Waals surface area contributed by atoms with Crippen molar-refractivity contribution in [3.63, 3.8) is 0 Å². The highest BCUT2D eigenvalue weighted by Gasteiger charge is 2.22. The predicted molar refractivity (Wildman–Crippen MR) is 138 cm³/mol. The summed E-state index contributed by atoms with van der Waals surface area (Å²) in [5.74, 6) is 6.40. The zero-order chi connectivity index (χ0) is 24.9. The van der Waals surface area contributed by atoms with E-state index < -0.39 is 0 Å². The third kappa shape index (κ3) is 4.33. The van der Waals surface area contributed by atoms with E-state index in [1.807, 2.05) is 41.7 Å². The van der Waals surface area contributed by atoms with E-state index in [9.17, 15) is 4.79 Å². The fraction of sp³-hybridized carbons (Fsp3) is 0.385. The molecule has 0 spiro atoms. The van der Waals surface area contributed by atoms with Gasteiger partial charge in [0.05, 0.1) is 5.69 Å². The van der Waals surface area contributed by atoms with E-state index in [2.05, 4.69) is 48.2 Å². The van der Waals surface area contributed by atoms with Crippen LogP contribution in [0, 0.1) is 0 Å². The maximum Gasteiger partial charge on any atom is 0.278 e. The first-order chi connectivity index (χ1) is 16.6. The first-order valence-electron chi connectivity index (χ1n) is 12.0. The second-order valence-corrected chi connectivity index (χ2v) is 10.5. The summed E-state index contributed by atoms with van der Waals surface area (Å²) in [6.45, 7) is 11.9. The Bertz CT molecular complexity index is 1460. The topological polar surface area (TPSA) is 107 Å². The fourth-order valence-electron chi connectivity index (χ4n) is 4.52. The van der Waals surface area contributed by atoms with Crippen LogP contribution in [0.5, 0.6) is 0 Å². The van der Waals surface area contributed by atoms with Gasteiger partial charge in [0.15, 0.2) is 5.65 Å². The number of nitrogens with two attached hydrogens (primary N) is 1. The van der Waals surface area contributed by atoms with Gasteiger partial charge in [0, 0.05) is 48.3 Å². The number of hydrogen-bond acceptors (Lipinski definition) is 7. The summed E-state index contributed by atoms with van der Waals surface area (Å²) >= 11 is 0. The smallest absolute Gasteiger partial charge is 0.278 e. The van der Waals surface area contributed by atoms with Crippen LogP contribution in [-0.2, 0) is 18.4 Å². The molecular weight excluding hydrogens is 440 g/mol. The van der Waals surface area contributed by atoms with Crippen LogP contribution in [0.15, 0.2) is 47.5 Å². The van der Waals surface area contributed by atoms with Gasteiger partial charge in [0.1, 0.15) is 5.39 Å². The van der Waals surface area contributed by atoms with E-state index in [1.54, 1.807) is 17.1 Å². The van der Waals surface area contributed by atoms with Gasteiger partial charge in [0.25, 0.3) is 5.56 Å². The van der Waals surface area contributed by atoms with Crippen molar-refractivity contribution in [3.05, 3.63) is 69.9 Å². The first kappa shape index (κ1) is 23.2. The molecule has 0 atom stereocenters.